The van der Waals surface area contributed by atoms with Crippen molar-refractivity contribution in [2.45, 2.75) is 38.7 Å². The zero-order chi connectivity index (χ0) is 20.4. The Kier molecular flexibility index (Phi) is 6.15. The quantitative estimate of drug-likeness (QED) is 0.628. The monoisotopic (exact) mass is 421 g/mol. The highest BCUT2D eigenvalue weighted by Gasteiger charge is 2.26. The van der Waals surface area contributed by atoms with Crippen LogP contribution in [-0.4, -0.2) is 30.8 Å². The Bertz CT molecular complexity index is 850. The van der Waals surface area contributed by atoms with Crippen molar-refractivity contribution in [3.63, 3.8) is 0 Å². The molecule has 1 aromatic heterocycles. The molecular weight excluding hydrogens is 396 g/mol. The topological polar surface area (TPSA) is 49.8 Å². The minimum Gasteiger partial charge on any atom is -0.481 e. The number of carboxylic acids is 1. The predicted molar refractivity (Wildman–Crippen MR) is 109 cm³/mol. The third-order valence-corrected chi connectivity index (χ3v) is 6.76. The maximum absolute atomic E-state index is 14.8. The Morgan fingerprint density at radius 1 is 1.10 bits per heavy atom. The lowest BCUT2D eigenvalue weighted by Crippen LogP contribution is -2.35. The van der Waals surface area contributed by atoms with Crippen LogP contribution in [0.5, 0.6) is 0 Å². The molecule has 2 fully saturated rings. The summed E-state index contributed by atoms with van der Waals surface area (Å²) in [6, 6.07) is 6.61. The van der Waals surface area contributed by atoms with E-state index >= 15 is 0 Å². The summed E-state index contributed by atoms with van der Waals surface area (Å²) in [5, 5.41) is 8.91. The Labute approximate surface area is 173 Å². The number of ether oxygens (including phenoxy) is 1. The standard InChI is InChI=1S/C22H25F2NO3S/c23-18-10-16(20-4-3-17(29-20)13-28-12-15-1-2-15)11-19(24)22(18)25-7-5-14(6-8-25)9-21(26)27/h3-4,10-11,14-15H,1-2,5-9,12-13H2,(H,26,27). The van der Waals surface area contributed by atoms with Crippen molar-refractivity contribution in [2.75, 3.05) is 24.6 Å². The molecule has 1 saturated heterocycles. The van der Waals surface area contributed by atoms with Gasteiger partial charge in [0.25, 0.3) is 0 Å². The normalized spacial score (nSPS) is 17.7. The van der Waals surface area contributed by atoms with E-state index in [-0.39, 0.29) is 18.0 Å². The zero-order valence-corrected chi connectivity index (χ0v) is 17.0. The van der Waals surface area contributed by atoms with E-state index in [1.54, 1.807) is 4.90 Å². The van der Waals surface area contributed by atoms with Gasteiger partial charge in [0.1, 0.15) is 17.3 Å². The number of nitrogens with zero attached hydrogens (tertiary/aromatic N) is 1. The largest absolute Gasteiger partial charge is 0.481 e. The molecule has 0 radical (unpaired) electrons. The molecule has 1 aliphatic carbocycles. The van der Waals surface area contributed by atoms with E-state index in [9.17, 15) is 13.6 Å². The molecule has 0 spiro atoms. The zero-order valence-electron chi connectivity index (χ0n) is 16.2. The molecule has 1 saturated carbocycles. The molecule has 1 aromatic carbocycles. The second-order valence-electron chi connectivity index (χ2n) is 8.04. The average Bonchev–Trinajstić information content (AvgIpc) is 3.37. The van der Waals surface area contributed by atoms with Crippen LogP contribution >= 0.6 is 11.3 Å². The van der Waals surface area contributed by atoms with E-state index < -0.39 is 17.6 Å². The highest BCUT2D eigenvalue weighted by atomic mass is 32.1. The Hall–Kier alpha value is -1.99. The first-order valence-electron chi connectivity index (χ1n) is 10.1. The maximum Gasteiger partial charge on any atom is 0.303 e. The van der Waals surface area contributed by atoms with Crippen LogP contribution in [0.15, 0.2) is 24.3 Å². The van der Waals surface area contributed by atoms with Crippen molar-refractivity contribution >= 4 is 23.0 Å². The predicted octanol–water partition coefficient (Wildman–Crippen LogP) is 5.31. The SMILES string of the molecule is O=C(O)CC1CCN(c2c(F)cc(-c3ccc(COCC4CC4)s3)cc2F)CC1. The van der Waals surface area contributed by atoms with Crippen LogP contribution in [-0.2, 0) is 16.1 Å². The van der Waals surface area contributed by atoms with Crippen molar-refractivity contribution < 1.29 is 23.4 Å². The van der Waals surface area contributed by atoms with Gasteiger partial charge < -0.3 is 14.7 Å². The Morgan fingerprint density at radius 2 is 1.79 bits per heavy atom. The van der Waals surface area contributed by atoms with Crippen molar-refractivity contribution in [1.82, 2.24) is 0 Å². The van der Waals surface area contributed by atoms with Gasteiger partial charge in [0, 0.05) is 35.9 Å². The number of benzene rings is 1. The third kappa shape index (κ3) is 5.14. The minimum atomic E-state index is -0.821. The lowest BCUT2D eigenvalue weighted by Gasteiger charge is -2.33. The lowest BCUT2D eigenvalue weighted by molar-refractivity contribution is -0.138. The van der Waals surface area contributed by atoms with E-state index in [1.165, 1.54) is 36.3 Å². The second-order valence-corrected chi connectivity index (χ2v) is 9.21. The summed E-state index contributed by atoms with van der Waals surface area (Å²) in [5.41, 5.74) is 0.523. The van der Waals surface area contributed by atoms with Crippen molar-refractivity contribution in [2.24, 2.45) is 11.8 Å². The summed E-state index contributed by atoms with van der Waals surface area (Å²) in [6.45, 7) is 2.25. The molecule has 156 valence electrons. The fraction of sp³-hybridized carbons (Fsp3) is 0.500. The van der Waals surface area contributed by atoms with Crippen LogP contribution in [0.25, 0.3) is 10.4 Å². The molecule has 0 bridgehead atoms. The fourth-order valence-corrected chi connectivity index (χ4v) is 4.77. The maximum atomic E-state index is 14.8. The third-order valence-electron chi connectivity index (χ3n) is 5.65. The summed E-state index contributed by atoms with van der Waals surface area (Å²) in [7, 11) is 0. The van der Waals surface area contributed by atoms with E-state index in [0.29, 0.717) is 44.0 Å². The fourth-order valence-electron chi connectivity index (χ4n) is 3.84. The number of anilines is 1. The van der Waals surface area contributed by atoms with Gasteiger partial charge in [-0.1, -0.05) is 0 Å². The van der Waals surface area contributed by atoms with Crippen molar-refractivity contribution in [1.29, 1.82) is 0 Å². The number of thiophene rings is 1. The number of carbonyl (C=O) groups is 1. The van der Waals surface area contributed by atoms with Gasteiger partial charge in [0.15, 0.2) is 0 Å². The first-order valence-corrected chi connectivity index (χ1v) is 10.9. The van der Waals surface area contributed by atoms with Gasteiger partial charge in [-0.25, -0.2) is 8.78 Å². The second kappa shape index (κ2) is 8.79. The van der Waals surface area contributed by atoms with E-state index in [1.807, 2.05) is 12.1 Å². The summed E-state index contributed by atoms with van der Waals surface area (Å²) in [4.78, 5) is 14.4. The first-order chi connectivity index (χ1) is 14.0. The Balaban J connectivity index is 1.42. The average molecular weight is 422 g/mol. The summed E-state index contributed by atoms with van der Waals surface area (Å²) >= 11 is 1.50. The molecule has 1 N–H and O–H groups in total. The highest BCUT2D eigenvalue weighted by molar-refractivity contribution is 7.15. The van der Waals surface area contributed by atoms with Gasteiger partial charge in [-0.05, 0) is 67.3 Å². The lowest BCUT2D eigenvalue weighted by atomic mass is 9.93. The first kappa shape index (κ1) is 20.3. The molecule has 0 atom stereocenters. The number of carboxylic acid groups (broad SMARTS) is 1. The molecule has 4 rings (SSSR count). The molecule has 2 aromatic rings. The number of rotatable bonds is 8. The number of halogens is 2. The van der Waals surface area contributed by atoms with Gasteiger partial charge in [0.05, 0.1) is 6.61 Å². The van der Waals surface area contributed by atoms with Crippen molar-refractivity contribution in [3.8, 4) is 10.4 Å². The van der Waals surface area contributed by atoms with Gasteiger partial charge in [0.2, 0.25) is 0 Å². The van der Waals surface area contributed by atoms with Crippen LogP contribution in [0, 0.1) is 23.5 Å². The van der Waals surface area contributed by atoms with E-state index in [2.05, 4.69) is 0 Å². The molecule has 2 heterocycles. The van der Waals surface area contributed by atoms with Gasteiger partial charge in [-0.2, -0.15) is 0 Å². The smallest absolute Gasteiger partial charge is 0.303 e. The molecule has 2 aliphatic rings. The molecule has 0 unspecified atom stereocenters. The van der Waals surface area contributed by atoms with Crippen LogP contribution in [0.1, 0.15) is 37.0 Å². The van der Waals surface area contributed by atoms with Crippen LogP contribution in [0.4, 0.5) is 14.5 Å². The molecule has 1 aliphatic heterocycles. The molecule has 0 amide bonds. The molecule has 4 nitrogen and oxygen atoms in total. The Morgan fingerprint density at radius 3 is 2.41 bits per heavy atom. The summed E-state index contributed by atoms with van der Waals surface area (Å²) < 4.78 is 35.3. The van der Waals surface area contributed by atoms with Gasteiger partial charge in [-0.15, -0.1) is 11.3 Å². The number of hydrogen-bond acceptors (Lipinski definition) is 4. The van der Waals surface area contributed by atoms with E-state index in [4.69, 9.17) is 9.84 Å². The summed E-state index contributed by atoms with van der Waals surface area (Å²) in [5.74, 6) is -1.19. The highest BCUT2D eigenvalue weighted by Crippen LogP contribution is 2.36. The molecular formula is C22H25F2NO3S. The van der Waals surface area contributed by atoms with Crippen molar-refractivity contribution in [3.05, 3.63) is 40.8 Å². The van der Waals surface area contributed by atoms with Crippen LogP contribution < -0.4 is 4.90 Å². The van der Waals surface area contributed by atoms with E-state index in [0.717, 1.165) is 16.4 Å². The number of aliphatic carboxylic acids is 1. The number of hydrogen-bond donors (Lipinski definition) is 1. The number of piperidine rings is 1. The van der Waals surface area contributed by atoms with Gasteiger partial charge >= 0.3 is 5.97 Å². The van der Waals surface area contributed by atoms with Crippen LogP contribution in [0.3, 0.4) is 0 Å². The molecule has 7 heteroatoms. The minimum absolute atomic E-state index is 0.00734. The van der Waals surface area contributed by atoms with Crippen LogP contribution in [0.2, 0.25) is 0 Å². The summed E-state index contributed by atoms with van der Waals surface area (Å²) in [6.07, 6.45) is 3.86. The van der Waals surface area contributed by atoms with Gasteiger partial charge in [-0.3, -0.25) is 4.79 Å². The molecule has 29 heavy (non-hydrogen) atoms.